The number of pyridine rings is 1. The zero-order chi connectivity index (χ0) is 19.5. The zero-order valence-corrected chi connectivity index (χ0v) is 15.6. The number of benzene rings is 2. The highest BCUT2D eigenvalue weighted by Gasteiger charge is 2.17. The second-order valence-corrected chi connectivity index (χ2v) is 6.72. The summed E-state index contributed by atoms with van der Waals surface area (Å²) in [5.74, 6) is -0.220. The minimum Gasteiger partial charge on any atom is -0.350 e. The minimum atomic E-state index is -0.220. The molecule has 0 aliphatic rings. The van der Waals surface area contributed by atoms with Gasteiger partial charge in [-0.25, -0.2) is 9.67 Å². The number of hydrogen-bond acceptors (Lipinski definition) is 3. The molecule has 1 N–H and O–H groups in total. The fourth-order valence-electron chi connectivity index (χ4n) is 3.05. The van der Waals surface area contributed by atoms with Gasteiger partial charge in [0.25, 0.3) is 5.56 Å². The van der Waals surface area contributed by atoms with Crippen LogP contribution in [0.15, 0.2) is 77.7 Å². The maximum Gasteiger partial charge on any atom is 0.280 e. The normalized spacial score (nSPS) is 10.9. The largest absolute Gasteiger partial charge is 0.350 e. The van der Waals surface area contributed by atoms with Crippen molar-refractivity contribution < 1.29 is 4.79 Å². The Hall–Kier alpha value is -3.38. The van der Waals surface area contributed by atoms with Gasteiger partial charge >= 0.3 is 0 Å². The molecular weight excluding hydrogens is 376 g/mol. The smallest absolute Gasteiger partial charge is 0.280 e. The lowest BCUT2D eigenvalue weighted by Crippen LogP contribution is -2.31. The molecule has 2 aromatic carbocycles. The molecule has 0 unspecified atom stereocenters. The maximum absolute atomic E-state index is 12.9. The Bertz CT molecular complexity index is 1180. The van der Waals surface area contributed by atoms with E-state index < -0.39 is 0 Å². The molecule has 1 amide bonds. The molecule has 7 heteroatoms. The van der Waals surface area contributed by atoms with Crippen molar-refractivity contribution in [3.63, 3.8) is 0 Å². The van der Waals surface area contributed by atoms with E-state index in [2.05, 4.69) is 10.3 Å². The second kappa shape index (κ2) is 7.70. The fourth-order valence-corrected chi connectivity index (χ4v) is 3.18. The van der Waals surface area contributed by atoms with Crippen LogP contribution in [-0.4, -0.2) is 20.3 Å². The average molecular weight is 393 g/mol. The number of carbonyl (C=O) groups excluding carboxylic acids is 1. The van der Waals surface area contributed by atoms with Gasteiger partial charge in [0.2, 0.25) is 5.91 Å². The number of nitrogens with zero attached hydrogens (tertiary/aromatic N) is 3. The Morgan fingerprint density at radius 1 is 1.00 bits per heavy atom. The van der Waals surface area contributed by atoms with E-state index >= 15 is 0 Å². The fraction of sp³-hybridized carbons (Fsp3) is 0.0952. The molecule has 28 heavy (non-hydrogen) atoms. The van der Waals surface area contributed by atoms with Crippen LogP contribution in [-0.2, 0) is 17.9 Å². The molecule has 4 rings (SSSR count). The van der Waals surface area contributed by atoms with Gasteiger partial charge in [-0.3, -0.25) is 14.3 Å². The Morgan fingerprint density at radius 2 is 1.75 bits per heavy atom. The first-order valence-electron chi connectivity index (χ1n) is 8.76. The third-order valence-electron chi connectivity index (χ3n) is 4.39. The number of para-hydroxylation sites is 1. The average Bonchev–Trinajstić information content (AvgIpc) is 3.00. The summed E-state index contributed by atoms with van der Waals surface area (Å²) < 4.78 is 3.09. The summed E-state index contributed by atoms with van der Waals surface area (Å²) in [7, 11) is 0. The van der Waals surface area contributed by atoms with Crippen LogP contribution in [0.1, 0.15) is 5.56 Å². The lowest BCUT2D eigenvalue weighted by atomic mass is 10.2. The van der Waals surface area contributed by atoms with E-state index in [0.717, 1.165) is 5.56 Å². The van der Waals surface area contributed by atoms with Crippen molar-refractivity contribution in [1.29, 1.82) is 0 Å². The topological polar surface area (TPSA) is 68.9 Å². The van der Waals surface area contributed by atoms with Crippen LogP contribution in [0, 0.1) is 0 Å². The molecule has 4 aromatic rings. The Morgan fingerprint density at radius 3 is 2.50 bits per heavy atom. The lowest BCUT2D eigenvalue weighted by Gasteiger charge is -2.12. The highest BCUT2D eigenvalue weighted by Crippen LogP contribution is 2.13. The molecule has 0 radical (unpaired) electrons. The van der Waals surface area contributed by atoms with Crippen LogP contribution in [0.3, 0.4) is 0 Å². The van der Waals surface area contributed by atoms with Crippen LogP contribution in [0.2, 0.25) is 5.02 Å². The molecule has 140 valence electrons. The van der Waals surface area contributed by atoms with E-state index in [4.69, 9.17) is 11.6 Å². The summed E-state index contributed by atoms with van der Waals surface area (Å²) in [5, 5.41) is 3.99. The standard InChI is InChI=1S/C21H17ClN4O2/c22-16-10-8-15(9-11-16)13-24-19(27)14-25-20-18(7-4-12-23-20)21(28)26(25)17-5-2-1-3-6-17/h1-12H,13-14H2,(H,24,27). The number of fused-ring (bicyclic) bond motifs is 1. The lowest BCUT2D eigenvalue weighted by molar-refractivity contribution is -0.122. The first-order chi connectivity index (χ1) is 13.6. The van der Waals surface area contributed by atoms with Crippen molar-refractivity contribution in [3.8, 4) is 5.69 Å². The van der Waals surface area contributed by atoms with E-state index in [1.807, 2.05) is 42.5 Å². The van der Waals surface area contributed by atoms with Gasteiger partial charge in [-0.05, 0) is 42.0 Å². The molecule has 0 bridgehead atoms. The number of amides is 1. The van der Waals surface area contributed by atoms with E-state index in [-0.39, 0.29) is 18.0 Å². The van der Waals surface area contributed by atoms with Crippen molar-refractivity contribution in [2.75, 3.05) is 0 Å². The Kier molecular flexibility index (Phi) is 4.95. The Labute approximate surface area is 166 Å². The summed E-state index contributed by atoms with van der Waals surface area (Å²) >= 11 is 5.89. The van der Waals surface area contributed by atoms with Gasteiger partial charge in [-0.1, -0.05) is 41.9 Å². The van der Waals surface area contributed by atoms with Crippen molar-refractivity contribution in [3.05, 3.63) is 93.9 Å². The van der Waals surface area contributed by atoms with Crippen LogP contribution in [0.25, 0.3) is 16.7 Å². The highest BCUT2D eigenvalue weighted by atomic mass is 35.5. The van der Waals surface area contributed by atoms with Gasteiger partial charge in [0.1, 0.15) is 6.54 Å². The van der Waals surface area contributed by atoms with Gasteiger partial charge in [-0.15, -0.1) is 0 Å². The minimum absolute atomic E-state index is 0.0295. The third-order valence-corrected chi connectivity index (χ3v) is 4.64. The number of aromatic nitrogens is 3. The van der Waals surface area contributed by atoms with Crippen molar-refractivity contribution in [1.82, 2.24) is 19.7 Å². The predicted molar refractivity (Wildman–Crippen MR) is 109 cm³/mol. The molecule has 0 saturated heterocycles. The molecule has 0 atom stereocenters. The van der Waals surface area contributed by atoms with Crippen LogP contribution >= 0.6 is 11.6 Å². The van der Waals surface area contributed by atoms with Crippen LogP contribution in [0.4, 0.5) is 0 Å². The van der Waals surface area contributed by atoms with E-state index in [1.54, 1.807) is 35.1 Å². The van der Waals surface area contributed by atoms with Gasteiger partial charge in [0.05, 0.1) is 11.1 Å². The molecule has 0 saturated carbocycles. The van der Waals surface area contributed by atoms with E-state index in [1.165, 1.54) is 4.68 Å². The van der Waals surface area contributed by atoms with Crippen molar-refractivity contribution in [2.24, 2.45) is 0 Å². The maximum atomic E-state index is 12.9. The van der Waals surface area contributed by atoms with Gasteiger partial charge in [0, 0.05) is 17.8 Å². The highest BCUT2D eigenvalue weighted by molar-refractivity contribution is 6.30. The van der Waals surface area contributed by atoms with E-state index in [0.29, 0.717) is 28.3 Å². The van der Waals surface area contributed by atoms with Gasteiger partial charge in [0.15, 0.2) is 5.65 Å². The number of halogens is 1. The molecule has 0 aliphatic carbocycles. The summed E-state index contributed by atoms with van der Waals surface area (Å²) in [5.41, 5.74) is 1.88. The Balaban J connectivity index is 1.65. The monoisotopic (exact) mass is 392 g/mol. The van der Waals surface area contributed by atoms with Crippen molar-refractivity contribution in [2.45, 2.75) is 13.1 Å². The third kappa shape index (κ3) is 3.54. The van der Waals surface area contributed by atoms with Gasteiger partial charge in [-0.2, -0.15) is 0 Å². The van der Waals surface area contributed by atoms with Crippen molar-refractivity contribution >= 4 is 28.5 Å². The quantitative estimate of drug-likeness (QED) is 0.567. The summed E-state index contributed by atoms with van der Waals surface area (Å²) in [6.07, 6.45) is 1.61. The molecule has 0 fully saturated rings. The number of hydrogen-bond donors (Lipinski definition) is 1. The number of nitrogens with one attached hydrogen (secondary N) is 1. The van der Waals surface area contributed by atoms with Gasteiger partial charge < -0.3 is 5.32 Å². The number of carbonyl (C=O) groups is 1. The molecule has 6 nitrogen and oxygen atoms in total. The molecule has 2 heterocycles. The molecular formula is C21H17ClN4O2. The molecule has 2 aromatic heterocycles. The number of rotatable bonds is 5. The zero-order valence-electron chi connectivity index (χ0n) is 14.9. The predicted octanol–water partition coefficient (Wildman–Crippen LogP) is 3.16. The SMILES string of the molecule is O=C(Cn1c2ncccc2c(=O)n1-c1ccccc1)NCc1ccc(Cl)cc1. The molecule has 0 spiro atoms. The summed E-state index contributed by atoms with van der Waals surface area (Å²) in [6, 6.07) is 19.9. The van der Waals surface area contributed by atoms with Crippen LogP contribution < -0.4 is 10.9 Å². The first kappa shape index (κ1) is 18.0. The van der Waals surface area contributed by atoms with Crippen LogP contribution in [0.5, 0.6) is 0 Å². The summed E-state index contributed by atoms with van der Waals surface area (Å²) in [6.45, 7) is 0.344. The van der Waals surface area contributed by atoms with E-state index in [9.17, 15) is 9.59 Å². The first-order valence-corrected chi connectivity index (χ1v) is 9.14. The summed E-state index contributed by atoms with van der Waals surface area (Å²) in [4.78, 5) is 29.8. The molecule has 0 aliphatic heterocycles. The second-order valence-electron chi connectivity index (χ2n) is 6.29.